The van der Waals surface area contributed by atoms with Crippen molar-refractivity contribution in [2.45, 2.75) is 25.9 Å². The summed E-state index contributed by atoms with van der Waals surface area (Å²) in [6, 6.07) is 9.57. The minimum atomic E-state index is -0.101. The number of carbonyl (C=O) groups is 1. The largest absolute Gasteiger partial charge is 0.419 e. The number of carbonyl (C=O) groups excluding carboxylic acids is 1. The van der Waals surface area contributed by atoms with Crippen molar-refractivity contribution in [1.82, 2.24) is 29.9 Å². The zero-order valence-corrected chi connectivity index (χ0v) is 13.9. The quantitative estimate of drug-likeness (QED) is 0.717. The van der Waals surface area contributed by atoms with Crippen molar-refractivity contribution in [3.63, 3.8) is 0 Å². The molecule has 1 aliphatic heterocycles. The van der Waals surface area contributed by atoms with Crippen molar-refractivity contribution in [3.8, 4) is 11.5 Å². The molecular formula is C17H18N6O2. The summed E-state index contributed by atoms with van der Waals surface area (Å²) in [6.45, 7) is 0.858. The first kappa shape index (κ1) is 15.5. The minimum absolute atomic E-state index is 0.0561. The standard InChI is InChI=1S/C17H18N6O2/c1-22(17(24)13-7-8-14-18-11-19-23(14)9-13)10-15-20-21-16(25-15)12-5-3-2-4-6-12/h2-6,11,13H,7-10H2,1H3. The number of aryl methyl sites for hydroxylation is 1. The van der Waals surface area contributed by atoms with Crippen LogP contribution in [0.4, 0.5) is 0 Å². The molecule has 25 heavy (non-hydrogen) atoms. The maximum Gasteiger partial charge on any atom is 0.247 e. The molecule has 1 atom stereocenters. The average Bonchev–Trinajstić information content (AvgIpc) is 3.30. The molecule has 0 radical (unpaired) electrons. The Labute approximate surface area is 144 Å². The Kier molecular flexibility index (Phi) is 4.01. The highest BCUT2D eigenvalue weighted by atomic mass is 16.4. The number of rotatable bonds is 4. The normalized spacial score (nSPS) is 16.4. The number of aromatic nitrogens is 5. The van der Waals surface area contributed by atoms with Crippen LogP contribution in [0.25, 0.3) is 11.5 Å². The lowest BCUT2D eigenvalue weighted by Gasteiger charge is -2.25. The molecular weight excluding hydrogens is 320 g/mol. The number of benzene rings is 1. The highest BCUT2D eigenvalue weighted by molar-refractivity contribution is 5.78. The van der Waals surface area contributed by atoms with E-state index in [1.165, 1.54) is 6.33 Å². The summed E-state index contributed by atoms with van der Waals surface area (Å²) in [6.07, 6.45) is 3.08. The Hall–Kier alpha value is -3.03. The van der Waals surface area contributed by atoms with Crippen LogP contribution in [0.15, 0.2) is 41.1 Å². The van der Waals surface area contributed by atoms with Gasteiger partial charge in [0.2, 0.25) is 17.7 Å². The molecule has 4 rings (SSSR count). The van der Waals surface area contributed by atoms with Crippen molar-refractivity contribution in [2.24, 2.45) is 5.92 Å². The molecule has 3 aromatic rings. The molecule has 0 N–H and O–H groups in total. The molecule has 0 saturated carbocycles. The predicted molar refractivity (Wildman–Crippen MR) is 88.0 cm³/mol. The van der Waals surface area contributed by atoms with Gasteiger partial charge in [-0.25, -0.2) is 9.67 Å². The zero-order valence-electron chi connectivity index (χ0n) is 13.9. The minimum Gasteiger partial charge on any atom is -0.419 e. The fourth-order valence-electron chi connectivity index (χ4n) is 3.05. The van der Waals surface area contributed by atoms with E-state index >= 15 is 0 Å². The van der Waals surface area contributed by atoms with E-state index in [-0.39, 0.29) is 11.8 Å². The van der Waals surface area contributed by atoms with Gasteiger partial charge in [-0.1, -0.05) is 18.2 Å². The summed E-state index contributed by atoms with van der Waals surface area (Å²) in [5.74, 6) is 1.78. The third-order valence-corrected chi connectivity index (χ3v) is 4.39. The van der Waals surface area contributed by atoms with Gasteiger partial charge in [-0.05, 0) is 18.6 Å². The fourth-order valence-corrected chi connectivity index (χ4v) is 3.05. The molecule has 1 aromatic carbocycles. The van der Waals surface area contributed by atoms with Crippen molar-refractivity contribution in [2.75, 3.05) is 7.05 Å². The van der Waals surface area contributed by atoms with Crippen molar-refractivity contribution >= 4 is 5.91 Å². The Morgan fingerprint density at radius 3 is 3.00 bits per heavy atom. The van der Waals surface area contributed by atoms with E-state index in [0.717, 1.165) is 24.2 Å². The Morgan fingerprint density at radius 2 is 2.16 bits per heavy atom. The summed E-state index contributed by atoms with van der Waals surface area (Å²) in [4.78, 5) is 18.5. The molecule has 8 nitrogen and oxygen atoms in total. The van der Waals surface area contributed by atoms with Crippen LogP contribution in [0.2, 0.25) is 0 Å². The van der Waals surface area contributed by atoms with Crippen LogP contribution >= 0.6 is 0 Å². The van der Waals surface area contributed by atoms with Crippen molar-refractivity contribution in [3.05, 3.63) is 48.4 Å². The van der Waals surface area contributed by atoms with Crippen LogP contribution in [0.3, 0.4) is 0 Å². The molecule has 128 valence electrons. The van der Waals surface area contributed by atoms with Crippen LogP contribution in [-0.2, 0) is 24.3 Å². The predicted octanol–water partition coefficient (Wildman–Crippen LogP) is 1.55. The molecule has 1 unspecified atom stereocenters. The summed E-state index contributed by atoms with van der Waals surface area (Å²) in [5.41, 5.74) is 0.862. The van der Waals surface area contributed by atoms with Gasteiger partial charge in [-0.3, -0.25) is 4.79 Å². The number of hydrogen-bond acceptors (Lipinski definition) is 6. The number of hydrogen-bond donors (Lipinski definition) is 0. The summed E-state index contributed by atoms with van der Waals surface area (Å²) < 4.78 is 7.48. The lowest BCUT2D eigenvalue weighted by Crippen LogP contribution is -2.37. The molecule has 3 heterocycles. The van der Waals surface area contributed by atoms with E-state index in [1.807, 2.05) is 30.3 Å². The molecule has 0 bridgehead atoms. The van der Waals surface area contributed by atoms with Gasteiger partial charge in [-0.15, -0.1) is 10.2 Å². The lowest BCUT2D eigenvalue weighted by atomic mass is 9.98. The van der Waals surface area contributed by atoms with E-state index in [1.54, 1.807) is 16.6 Å². The number of nitrogens with zero attached hydrogens (tertiary/aromatic N) is 6. The van der Waals surface area contributed by atoms with E-state index < -0.39 is 0 Å². The number of fused-ring (bicyclic) bond motifs is 1. The molecule has 8 heteroatoms. The SMILES string of the molecule is CN(Cc1nnc(-c2ccccc2)o1)C(=O)C1CCc2ncnn2C1. The smallest absolute Gasteiger partial charge is 0.247 e. The van der Waals surface area contributed by atoms with Gasteiger partial charge in [0.15, 0.2) is 0 Å². The highest BCUT2D eigenvalue weighted by Crippen LogP contribution is 2.21. The van der Waals surface area contributed by atoms with E-state index in [9.17, 15) is 4.79 Å². The maximum absolute atomic E-state index is 12.7. The topological polar surface area (TPSA) is 89.9 Å². The van der Waals surface area contributed by atoms with Crippen molar-refractivity contribution in [1.29, 1.82) is 0 Å². The summed E-state index contributed by atoms with van der Waals surface area (Å²) in [7, 11) is 1.76. The highest BCUT2D eigenvalue weighted by Gasteiger charge is 2.28. The molecule has 2 aromatic heterocycles. The van der Waals surface area contributed by atoms with Crippen LogP contribution < -0.4 is 0 Å². The van der Waals surface area contributed by atoms with Gasteiger partial charge in [0, 0.05) is 19.0 Å². The molecule has 0 saturated heterocycles. The van der Waals surface area contributed by atoms with E-state index in [4.69, 9.17) is 4.42 Å². The maximum atomic E-state index is 12.7. The first-order chi connectivity index (χ1) is 12.2. The van der Waals surface area contributed by atoms with Gasteiger partial charge >= 0.3 is 0 Å². The van der Waals surface area contributed by atoms with Crippen LogP contribution in [0.1, 0.15) is 18.1 Å². The van der Waals surface area contributed by atoms with Crippen LogP contribution in [0.5, 0.6) is 0 Å². The Balaban J connectivity index is 1.41. The van der Waals surface area contributed by atoms with Crippen LogP contribution in [-0.4, -0.2) is 42.8 Å². The zero-order chi connectivity index (χ0) is 17.2. The molecule has 1 aliphatic rings. The van der Waals surface area contributed by atoms with Gasteiger partial charge in [0.25, 0.3) is 0 Å². The fraction of sp³-hybridized carbons (Fsp3) is 0.353. The van der Waals surface area contributed by atoms with E-state index in [2.05, 4.69) is 20.3 Å². The summed E-state index contributed by atoms with van der Waals surface area (Å²) in [5, 5.41) is 12.3. The summed E-state index contributed by atoms with van der Waals surface area (Å²) >= 11 is 0. The Bertz CT molecular complexity index is 872. The van der Waals surface area contributed by atoms with Gasteiger partial charge in [0.05, 0.1) is 19.0 Å². The average molecular weight is 338 g/mol. The van der Waals surface area contributed by atoms with E-state index in [0.29, 0.717) is 24.9 Å². The van der Waals surface area contributed by atoms with Gasteiger partial charge < -0.3 is 9.32 Å². The first-order valence-electron chi connectivity index (χ1n) is 8.20. The number of amides is 1. The molecule has 0 spiro atoms. The second-order valence-electron chi connectivity index (χ2n) is 6.16. The third kappa shape index (κ3) is 3.15. The van der Waals surface area contributed by atoms with Gasteiger partial charge in [-0.2, -0.15) is 5.10 Å². The second kappa shape index (κ2) is 6.46. The first-order valence-corrected chi connectivity index (χ1v) is 8.20. The lowest BCUT2D eigenvalue weighted by molar-refractivity contribution is -0.136. The monoisotopic (exact) mass is 338 g/mol. The molecule has 1 amide bonds. The second-order valence-corrected chi connectivity index (χ2v) is 6.16. The molecule has 0 aliphatic carbocycles. The molecule has 0 fully saturated rings. The Morgan fingerprint density at radius 1 is 1.32 bits per heavy atom. The van der Waals surface area contributed by atoms with Crippen LogP contribution in [0, 0.1) is 5.92 Å². The third-order valence-electron chi connectivity index (χ3n) is 4.39. The van der Waals surface area contributed by atoms with Gasteiger partial charge in [0.1, 0.15) is 12.2 Å². The van der Waals surface area contributed by atoms with Crippen molar-refractivity contribution < 1.29 is 9.21 Å².